The number of ether oxygens (including phenoxy) is 2. The van der Waals surface area contributed by atoms with Crippen molar-refractivity contribution in [1.82, 2.24) is 0 Å². The molecule has 5 aromatic rings. The molecular formula is C28H16Cl2O6. The number of benzene rings is 5. The quantitative estimate of drug-likeness (QED) is 0.149. The average molecular weight is 519 g/mol. The number of hydrogen-bond acceptors (Lipinski definition) is 6. The zero-order chi connectivity index (χ0) is 25.4. The first-order valence-electron chi connectivity index (χ1n) is 10.7. The Hall–Kier alpha value is -4.26. The Kier molecular flexibility index (Phi) is 6.14. The summed E-state index contributed by atoms with van der Waals surface area (Å²) in [4.78, 5) is 25.5. The van der Waals surface area contributed by atoms with E-state index in [2.05, 4.69) is 0 Å². The standard InChI is InChI=1S/C28H16Cl2O6/c29-23-13-17-11-21-22(12-18(17)14-24(23)30)26(36-28(34)16-3-7-20(32)8-4-16)10-9-25(21)35-27(33)15-1-5-19(31)6-2-15/h1-14,31-32H. The minimum Gasteiger partial charge on any atom is -0.508 e. The molecule has 0 spiro atoms. The topological polar surface area (TPSA) is 93.1 Å². The number of phenolic OH excluding ortho intramolecular Hbond substituents is 2. The van der Waals surface area contributed by atoms with Crippen LogP contribution in [0.3, 0.4) is 0 Å². The molecule has 5 aromatic carbocycles. The third kappa shape index (κ3) is 4.64. The normalized spacial score (nSPS) is 10.9. The highest BCUT2D eigenvalue weighted by atomic mass is 35.5. The monoisotopic (exact) mass is 518 g/mol. The predicted molar refractivity (Wildman–Crippen MR) is 138 cm³/mol. The molecule has 0 aliphatic rings. The Morgan fingerprint density at radius 3 is 1.28 bits per heavy atom. The zero-order valence-electron chi connectivity index (χ0n) is 18.4. The highest BCUT2D eigenvalue weighted by Gasteiger charge is 2.17. The summed E-state index contributed by atoms with van der Waals surface area (Å²) >= 11 is 12.4. The van der Waals surface area contributed by atoms with Gasteiger partial charge < -0.3 is 19.7 Å². The second-order valence-corrected chi connectivity index (χ2v) is 8.76. The molecule has 5 rings (SSSR count). The van der Waals surface area contributed by atoms with Crippen molar-refractivity contribution in [1.29, 1.82) is 0 Å². The number of phenols is 2. The van der Waals surface area contributed by atoms with Gasteiger partial charge in [0.1, 0.15) is 23.0 Å². The smallest absolute Gasteiger partial charge is 0.343 e. The number of hydrogen-bond donors (Lipinski definition) is 2. The van der Waals surface area contributed by atoms with E-state index in [1.807, 2.05) is 0 Å². The number of fused-ring (bicyclic) bond motifs is 2. The summed E-state index contributed by atoms with van der Waals surface area (Å²) in [7, 11) is 0. The van der Waals surface area contributed by atoms with E-state index in [-0.39, 0.29) is 34.1 Å². The van der Waals surface area contributed by atoms with Crippen LogP contribution < -0.4 is 9.47 Å². The summed E-state index contributed by atoms with van der Waals surface area (Å²) in [6, 6.07) is 21.3. The van der Waals surface area contributed by atoms with Crippen LogP contribution in [0.5, 0.6) is 23.0 Å². The number of aromatic hydroxyl groups is 2. The van der Waals surface area contributed by atoms with E-state index >= 15 is 0 Å². The fourth-order valence-electron chi connectivity index (χ4n) is 3.72. The minimum atomic E-state index is -0.626. The van der Waals surface area contributed by atoms with Crippen LogP contribution in [0.25, 0.3) is 21.5 Å². The molecule has 0 fully saturated rings. The maximum Gasteiger partial charge on any atom is 0.343 e. The van der Waals surface area contributed by atoms with Gasteiger partial charge in [-0.15, -0.1) is 0 Å². The second-order valence-electron chi connectivity index (χ2n) is 7.95. The summed E-state index contributed by atoms with van der Waals surface area (Å²) in [5.41, 5.74) is 0.499. The summed E-state index contributed by atoms with van der Waals surface area (Å²) in [6.07, 6.45) is 0. The molecule has 0 aliphatic heterocycles. The summed E-state index contributed by atoms with van der Waals surface area (Å²) < 4.78 is 11.3. The first-order valence-corrected chi connectivity index (χ1v) is 11.4. The lowest BCUT2D eigenvalue weighted by Gasteiger charge is -2.14. The van der Waals surface area contributed by atoms with Gasteiger partial charge in [0.05, 0.1) is 21.2 Å². The number of esters is 2. The van der Waals surface area contributed by atoms with Crippen LogP contribution >= 0.6 is 23.2 Å². The van der Waals surface area contributed by atoms with Gasteiger partial charge in [-0.2, -0.15) is 0 Å². The van der Waals surface area contributed by atoms with Gasteiger partial charge in [-0.1, -0.05) is 23.2 Å². The Morgan fingerprint density at radius 2 is 0.917 bits per heavy atom. The van der Waals surface area contributed by atoms with Gasteiger partial charge in [0.25, 0.3) is 0 Å². The second kappa shape index (κ2) is 9.41. The Morgan fingerprint density at radius 1 is 0.556 bits per heavy atom. The maximum atomic E-state index is 12.8. The molecule has 178 valence electrons. The molecule has 0 aliphatic carbocycles. The van der Waals surface area contributed by atoms with E-state index in [1.165, 1.54) is 60.7 Å². The van der Waals surface area contributed by atoms with E-state index in [9.17, 15) is 19.8 Å². The van der Waals surface area contributed by atoms with E-state index in [0.717, 1.165) is 10.8 Å². The minimum absolute atomic E-state index is 0.0267. The van der Waals surface area contributed by atoms with Crippen molar-refractivity contribution in [2.45, 2.75) is 0 Å². The molecule has 0 amide bonds. The average Bonchev–Trinajstić information content (AvgIpc) is 2.86. The van der Waals surface area contributed by atoms with Gasteiger partial charge in [-0.05, 0) is 95.7 Å². The Bertz CT molecular complexity index is 1520. The lowest BCUT2D eigenvalue weighted by molar-refractivity contribution is 0.0723. The van der Waals surface area contributed by atoms with Crippen molar-refractivity contribution >= 4 is 56.7 Å². The van der Waals surface area contributed by atoms with E-state index in [0.29, 0.717) is 20.8 Å². The van der Waals surface area contributed by atoms with E-state index < -0.39 is 11.9 Å². The van der Waals surface area contributed by atoms with Crippen molar-refractivity contribution in [3.63, 3.8) is 0 Å². The molecule has 0 radical (unpaired) electrons. The summed E-state index contributed by atoms with van der Waals surface area (Å²) in [5, 5.41) is 22.2. The molecule has 8 heteroatoms. The van der Waals surface area contributed by atoms with E-state index in [1.54, 1.807) is 24.3 Å². The van der Waals surface area contributed by atoms with Crippen molar-refractivity contribution < 1.29 is 29.3 Å². The van der Waals surface area contributed by atoms with Crippen LogP contribution in [0.2, 0.25) is 10.0 Å². The SMILES string of the molecule is O=C(Oc1ccc(OC(=O)c2ccc(O)cc2)c2cc3cc(Cl)c(Cl)cc3cc12)c1ccc(O)cc1. The zero-order valence-corrected chi connectivity index (χ0v) is 19.9. The van der Waals surface area contributed by atoms with Crippen LogP contribution in [0.1, 0.15) is 20.7 Å². The predicted octanol–water partition coefficient (Wildman–Crippen LogP) is 7.15. The lowest BCUT2D eigenvalue weighted by Crippen LogP contribution is -2.10. The van der Waals surface area contributed by atoms with Crippen LogP contribution in [0.4, 0.5) is 0 Å². The molecule has 0 atom stereocenters. The maximum absolute atomic E-state index is 12.8. The first kappa shape index (κ1) is 23.5. The third-order valence-corrected chi connectivity index (χ3v) is 6.27. The molecule has 2 N–H and O–H groups in total. The molecule has 0 saturated carbocycles. The van der Waals surface area contributed by atoms with Crippen LogP contribution in [-0.4, -0.2) is 22.2 Å². The van der Waals surface area contributed by atoms with Gasteiger partial charge >= 0.3 is 11.9 Å². The van der Waals surface area contributed by atoms with Crippen LogP contribution in [-0.2, 0) is 0 Å². The van der Waals surface area contributed by atoms with Gasteiger partial charge in [0, 0.05) is 10.8 Å². The van der Waals surface area contributed by atoms with Gasteiger partial charge in [-0.3, -0.25) is 0 Å². The summed E-state index contributed by atoms with van der Waals surface area (Å²) in [6.45, 7) is 0. The molecule has 0 bridgehead atoms. The Labute approximate surface area is 214 Å². The van der Waals surface area contributed by atoms with Crippen molar-refractivity contribution in [2.75, 3.05) is 0 Å². The highest BCUT2D eigenvalue weighted by Crippen LogP contribution is 2.39. The molecule has 6 nitrogen and oxygen atoms in total. The van der Waals surface area contributed by atoms with Gasteiger partial charge in [0.15, 0.2) is 0 Å². The van der Waals surface area contributed by atoms with Gasteiger partial charge in [0.2, 0.25) is 0 Å². The van der Waals surface area contributed by atoms with Crippen molar-refractivity contribution in [3.8, 4) is 23.0 Å². The van der Waals surface area contributed by atoms with Gasteiger partial charge in [-0.25, -0.2) is 9.59 Å². The molecular weight excluding hydrogens is 503 g/mol. The molecule has 0 aromatic heterocycles. The van der Waals surface area contributed by atoms with Crippen LogP contribution in [0, 0.1) is 0 Å². The van der Waals surface area contributed by atoms with Crippen molar-refractivity contribution in [3.05, 3.63) is 106 Å². The molecule has 0 unspecified atom stereocenters. The largest absolute Gasteiger partial charge is 0.508 e. The highest BCUT2D eigenvalue weighted by molar-refractivity contribution is 6.43. The van der Waals surface area contributed by atoms with E-state index in [4.69, 9.17) is 32.7 Å². The first-order chi connectivity index (χ1) is 17.3. The molecule has 0 heterocycles. The number of halogens is 2. The lowest BCUT2D eigenvalue weighted by atomic mass is 10.0. The molecule has 36 heavy (non-hydrogen) atoms. The summed E-state index contributed by atoms with van der Waals surface area (Å²) in [5.74, 6) is -0.725. The van der Waals surface area contributed by atoms with Crippen molar-refractivity contribution in [2.24, 2.45) is 0 Å². The third-order valence-electron chi connectivity index (χ3n) is 5.54. The van der Waals surface area contributed by atoms with Crippen LogP contribution in [0.15, 0.2) is 84.9 Å². The number of rotatable bonds is 4. The Balaban J connectivity index is 1.61. The fourth-order valence-corrected chi connectivity index (χ4v) is 4.07. The fraction of sp³-hybridized carbons (Fsp3) is 0. The number of carbonyl (C=O) groups is 2. The number of carbonyl (C=O) groups excluding carboxylic acids is 2. The molecule has 0 saturated heterocycles.